The van der Waals surface area contributed by atoms with Crippen molar-refractivity contribution in [1.29, 1.82) is 0 Å². The molecule has 3 aromatic carbocycles. The Bertz CT molecular complexity index is 1710. The molecule has 2 fully saturated rings. The number of ether oxygens (including phenoxy) is 11. The van der Waals surface area contributed by atoms with Crippen molar-refractivity contribution in [3.05, 3.63) is 108 Å². The molecule has 0 spiro atoms. The summed E-state index contributed by atoms with van der Waals surface area (Å²) >= 11 is 0. The molecule has 3 aromatic rings. The molecule has 15 heteroatoms. The number of hydrogen-bond acceptors (Lipinski definition) is 15. The summed E-state index contributed by atoms with van der Waals surface area (Å²) in [5.74, 6) is -2.93. The zero-order chi connectivity index (χ0) is 40.7. The van der Waals surface area contributed by atoms with Gasteiger partial charge in [0.05, 0.1) is 26.4 Å². The maximum absolute atomic E-state index is 12.5. The van der Waals surface area contributed by atoms with Gasteiger partial charge in [0.1, 0.15) is 37.1 Å². The number of methoxy groups -OCH3 is 1. The van der Waals surface area contributed by atoms with E-state index in [1.54, 1.807) is 0 Å². The highest BCUT2D eigenvalue weighted by atomic mass is 16.8. The van der Waals surface area contributed by atoms with Gasteiger partial charge in [0.15, 0.2) is 30.9 Å². The Hall–Kier alpha value is -4.74. The van der Waals surface area contributed by atoms with Gasteiger partial charge < -0.3 is 52.1 Å². The van der Waals surface area contributed by atoms with E-state index < -0.39 is 91.9 Å². The first-order valence-electron chi connectivity index (χ1n) is 18.6. The summed E-state index contributed by atoms with van der Waals surface area (Å²) < 4.78 is 66.7. The van der Waals surface area contributed by atoms with Gasteiger partial charge >= 0.3 is 23.9 Å². The number of carbonyl (C=O) groups is 4. The van der Waals surface area contributed by atoms with Crippen LogP contribution in [0.25, 0.3) is 0 Å². The molecule has 308 valence electrons. The fourth-order valence-electron chi connectivity index (χ4n) is 6.58. The number of esters is 4. The fourth-order valence-corrected chi connectivity index (χ4v) is 6.58. The lowest BCUT2D eigenvalue weighted by molar-refractivity contribution is -0.342. The van der Waals surface area contributed by atoms with Gasteiger partial charge in [-0.05, 0) is 16.7 Å². The molecule has 2 aliphatic heterocycles. The number of benzene rings is 3. The van der Waals surface area contributed by atoms with Gasteiger partial charge in [-0.1, -0.05) is 91.0 Å². The van der Waals surface area contributed by atoms with E-state index >= 15 is 0 Å². The molecule has 15 nitrogen and oxygen atoms in total. The second-order valence-electron chi connectivity index (χ2n) is 13.5. The molecule has 0 amide bonds. The lowest BCUT2D eigenvalue weighted by atomic mass is 9.97. The SMILES string of the molecule is CO[C@H]1O[C@H](COC2O[C@H](COC(C)=O)[C@@H](OC(C)=O)[C@H](OC(C)=O)[C@H]2OC(C)=O)[C@@H](OCc2ccccc2)[C@H](OCc2ccccc2)[C@H]1OCc1ccccc1. The lowest BCUT2D eigenvalue weighted by Crippen LogP contribution is -2.64. The molecule has 2 aliphatic rings. The third-order valence-electron chi connectivity index (χ3n) is 9.05. The third-order valence-corrected chi connectivity index (χ3v) is 9.05. The van der Waals surface area contributed by atoms with Crippen molar-refractivity contribution < 1.29 is 71.3 Å². The Morgan fingerprint density at radius 3 is 1.35 bits per heavy atom. The first kappa shape index (κ1) is 43.4. The summed E-state index contributed by atoms with van der Waals surface area (Å²) in [6.07, 6.45) is -11.2. The quantitative estimate of drug-likeness (QED) is 0.132. The third kappa shape index (κ3) is 12.9. The predicted molar refractivity (Wildman–Crippen MR) is 199 cm³/mol. The molecular formula is C42H50O15. The number of rotatable bonds is 18. The van der Waals surface area contributed by atoms with Crippen molar-refractivity contribution in [2.75, 3.05) is 20.3 Å². The van der Waals surface area contributed by atoms with Gasteiger partial charge in [-0.25, -0.2) is 0 Å². The molecule has 2 heterocycles. The minimum absolute atomic E-state index is 0.165. The Labute approximate surface area is 331 Å². The minimum atomic E-state index is -1.46. The molecule has 2 saturated heterocycles. The zero-order valence-electron chi connectivity index (χ0n) is 32.6. The van der Waals surface area contributed by atoms with E-state index in [4.69, 9.17) is 52.1 Å². The lowest BCUT2D eigenvalue weighted by Gasteiger charge is -2.47. The summed E-state index contributed by atoms with van der Waals surface area (Å²) in [4.78, 5) is 48.9. The van der Waals surface area contributed by atoms with Crippen LogP contribution in [0.3, 0.4) is 0 Å². The van der Waals surface area contributed by atoms with Crippen molar-refractivity contribution in [3.63, 3.8) is 0 Å². The summed E-state index contributed by atoms with van der Waals surface area (Å²) in [5, 5.41) is 0. The molecule has 0 aliphatic carbocycles. The molecule has 0 radical (unpaired) electrons. The second kappa shape index (κ2) is 21.7. The second-order valence-corrected chi connectivity index (χ2v) is 13.5. The first-order chi connectivity index (χ1) is 27.5. The van der Waals surface area contributed by atoms with Crippen molar-refractivity contribution in [2.24, 2.45) is 0 Å². The van der Waals surface area contributed by atoms with Crippen LogP contribution in [-0.4, -0.2) is 106 Å². The van der Waals surface area contributed by atoms with E-state index in [0.29, 0.717) is 0 Å². The average molecular weight is 795 g/mol. The Morgan fingerprint density at radius 2 is 0.877 bits per heavy atom. The summed E-state index contributed by atoms with van der Waals surface area (Å²) in [7, 11) is 1.49. The van der Waals surface area contributed by atoms with Crippen LogP contribution in [0.4, 0.5) is 0 Å². The summed E-state index contributed by atoms with van der Waals surface area (Å²) in [6, 6.07) is 28.8. The monoisotopic (exact) mass is 794 g/mol. The molecule has 57 heavy (non-hydrogen) atoms. The summed E-state index contributed by atoms with van der Waals surface area (Å²) in [6.45, 7) is 4.53. The van der Waals surface area contributed by atoms with E-state index in [0.717, 1.165) is 37.5 Å². The van der Waals surface area contributed by atoms with Crippen LogP contribution in [0.5, 0.6) is 0 Å². The topological polar surface area (TPSA) is 170 Å². The minimum Gasteiger partial charge on any atom is -0.463 e. The number of hydrogen-bond donors (Lipinski definition) is 0. The predicted octanol–water partition coefficient (Wildman–Crippen LogP) is 4.21. The van der Waals surface area contributed by atoms with Gasteiger partial charge in [0, 0.05) is 34.8 Å². The molecule has 0 N–H and O–H groups in total. The molecule has 5 rings (SSSR count). The number of carbonyl (C=O) groups excluding carboxylic acids is 4. The van der Waals surface area contributed by atoms with Gasteiger partial charge in [-0.15, -0.1) is 0 Å². The average Bonchev–Trinajstić information content (AvgIpc) is 3.19. The van der Waals surface area contributed by atoms with Gasteiger partial charge in [0.2, 0.25) is 0 Å². The van der Waals surface area contributed by atoms with Crippen LogP contribution in [0.15, 0.2) is 91.0 Å². The van der Waals surface area contributed by atoms with Crippen LogP contribution >= 0.6 is 0 Å². The van der Waals surface area contributed by atoms with E-state index in [1.807, 2.05) is 91.0 Å². The van der Waals surface area contributed by atoms with E-state index in [-0.39, 0.29) is 26.4 Å². The highest BCUT2D eigenvalue weighted by Crippen LogP contribution is 2.34. The van der Waals surface area contributed by atoms with E-state index in [9.17, 15) is 19.2 Å². The maximum Gasteiger partial charge on any atom is 0.303 e. The van der Waals surface area contributed by atoms with Crippen LogP contribution in [0, 0.1) is 0 Å². The molecular weight excluding hydrogens is 744 g/mol. The largest absolute Gasteiger partial charge is 0.463 e. The normalized spacial score (nSPS) is 27.2. The Kier molecular flexibility index (Phi) is 16.5. The Morgan fingerprint density at radius 1 is 0.456 bits per heavy atom. The summed E-state index contributed by atoms with van der Waals surface area (Å²) in [5.41, 5.74) is 2.71. The molecule has 0 bridgehead atoms. The first-order valence-corrected chi connectivity index (χ1v) is 18.6. The maximum atomic E-state index is 12.5. The molecule has 10 atom stereocenters. The van der Waals surface area contributed by atoms with Crippen LogP contribution in [0.2, 0.25) is 0 Å². The molecule has 0 aromatic heterocycles. The van der Waals surface area contributed by atoms with E-state index in [1.165, 1.54) is 14.0 Å². The van der Waals surface area contributed by atoms with Crippen molar-refractivity contribution in [2.45, 2.75) is 109 Å². The molecule has 1 unspecified atom stereocenters. The van der Waals surface area contributed by atoms with Crippen LogP contribution in [-0.2, 0) is 91.1 Å². The Balaban J connectivity index is 1.48. The standard InChI is InChI=1S/C42H50O15/c1-26(43)48-24-34-36(53-27(2)44)38(54-28(3)45)40(55-29(4)46)42(57-34)52-25-33-35(49-21-30-15-9-6-10-16-30)37(50-22-31-17-11-7-12-18-31)39(41(47-5)56-33)51-23-32-19-13-8-14-20-32/h6-20,33-42H,21-25H2,1-5H3/t33-,34-,35-,36-,37+,38+,39-,40-,41+,42?/m1/s1. The van der Waals surface area contributed by atoms with Crippen molar-refractivity contribution >= 4 is 23.9 Å². The van der Waals surface area contributed by atoms with E-state index in [2.05, 4.69) is 0 Å². The molecule has 0 saturated carbocycles. The van der Waals surface area contributed by atoms with Gasteiger partial charge in [-0.2, -0.15) is 0 Å². The van der Waals surface area contributed by atoms with Gasteiger partial charge in [0.25, 0.3) is 0 Å². The fraction of sp³-hybridized carbons (Fsp3) is 0.476. The smallest absolute Gasteiger partial charge is 0.303 e. The van der Waals surface area contributed by atoms with Gasteiger partial charge in [-0.3, -0.25) is 19.2 Å². The van der Waals surface area contributed by atoms with Crippen molar-refractivity contribution in [3.8, 4) is 0 Å². The van der Waals surface area contributed by atoms with Crippen molar-refractivity contribution in [1.82, 2.24) is 0 Å². The van der Waals surface area contributed by atoms with Crippen LogP contribution in [0.1, 0.15) is 44.4 Å². The highest BCUT2D eigenvalue weighted by molar-refractivity contribution is 5.68. The van der Waals surface area contributed by atoms with Crippen LogP contribution < -0.4 is 0 Å². The zero-order valence-corrected chi connectivity index (χ0v) is 32.6. The highest BCUT2D eigenvalue weighted by Gasteiger charge is 2.54.